The molecule has 3 aromatic heterocycles. The van der Waals surface area contributed by atoms with Crippen LogP contribution >= 0.6 is 0 Å². The number of rotatable bonds is 11. The van der Waals surface area contributed by atoms with Crippen molar-refractivity contribution in [2.75, 3.05) is 6.61 Å². The molecule has 0 aliphatic rings. The number of ether oxygens (including phenoxy) is 1. The van der Waals surface area contributed by atoms with Gasteiger partial charge in [0.1, 0.15) is 16.9 Å². The lowest BCUT2D eigenvalue weighted by atomic mass is 9.98. The van der Waals surface area contributed by atoms with Gasteiger partial charge in [0, 0.05) is 43.7 Å². The van der Waals surface area contributed by atoms with E-state index in [4.69, 9.17) is 9.15 Å². The molecule has 0 atom stereocenters. The van der Waals surface area contributed by atoms with Gasteiger partial charge in [-0.05, 0) is 162 Å². The molecule has 68 heavy (non-hydrogen) atoms. The molecule has 0 fully saturated rings. The SMILES string of the molecule is C=C(C)/C=C\C=C/CCOc1ccc(-c2ccc3c(c2)c2cc(-c4ccc5c(c4)c4cc(-c6ccc7oc8ccccc8c7c6)ccc4n5-c4ccccc4)ccc2n3-c2ccccc2)cc1C. The Morgan fingerprint density at radius 3 is 1.43 bits per heavy atom. The monoisotopic (exact) mass is 876 g/mol. The fraction of sp³-hybridized carbons (Fsp3) is 0.0625. The van der Waals surface area contributed by atoms with Gasteiger partial charge in [0.15, 0.2) is 0 Å². The normalized spacial score (nSPS) is 12.0. The third kappa shape index (κ3) is 7.28. The highest BCUT2D eigenvalue weighted by Gasteiger charge is 2.18. The maximum absolute atomic E-state index is 6.21. The zero-order chi connectivity index (χ0) is 45.7. The van der Waals surface area contributed by atoms with E-state index in [1.807, 2.05) is 37.3 Å². The minimum absolute atomic E-state index is 0.620. The molecule has 0 saturated heterocycles. The first-order chi connectivity index (χ1) is 33.4. The van der Waals surface area contributed by atoms with Gasteiger partial charge in [-0.1, -0.05) is 127 Å². The van der Waals surface area contributed by atoms with Crippen LogP contribution in [-0.2, 0) is 0 Å². The second-order valence-corrected chi connectivity index (χ2v) is 17.8. The quantitative estimate of drug-likeness (QED) is 0.0958. The summed E-state index contributed by atoms with van der Waals surface area (Å²) in [4.78, 5) is 0. The van der Waals surface area contributed by atoms with Crippen molar-refractivity contribution in [2.45, 2.75) is 20.3 Å². The molecule has 0 aliphatic heterocycles. The van der Waals surface area contributed by atoms with Crippen LogP contribution in [0.25, 0.3) is 110 Å². The van der Waals surface area contributed by atoms with Gasteiger partial charge in [-0.25, -0.2) is 0 Å². The van der Waals surface area contributed by atoms with Gasteiger partial charge in [0.25, 0.3) is 0 Å². The van der Waals surface area contributed by atoms with E-state index in [1.165, 1.54) is 65.9 Å². The number of furan rings is 1. The maximum atomic E-state index is 6.21. The largest absolute Gasteiger partial charge is 0.493 e. The fourth-order valence-corrected chi connectivity index (χ4v) is 10.0. The van der Waals surface area contributed by atoms with E-state index in [1.54, 1.807) is 0 Å². The van der Waals surface area contributed by atoms with E-state index < -0.39 is 0 Å². The minimum atomic E-state index is 0.620. The molecule has 0 bridgehead atoms. The molecule has 4 nitrogen and oxygen atoms in total. The van der Waals surface area contributed by atoms with Gasteiger partial charge in [-0.3, -0.25) is 0 Å². The van der Waals surface area contributed by atoms with Crippen molar-refractivity contribution < 1.29 is 9.15 Å². The summed E-state index contributed by atoms with van der Waals surface area (Å²) in [6.45, 7) is 8.66. The van der Waals surface area contributed by atoms with Gasteiger partial charge in [-0.2, -0.15) is 0 Å². The summed E-state index contributed by atoms with van der Waals surface area (Å²) >= 11 is 0. The summed E-state index contributed by atoms with van der Waals surface area (Å²) in [5.74, 6) is 0.913. The number of aromatic nitrogens is 2. The molecular formula is C64H48N2O2. The average Bonchev–Trinajstić information content (AvgIpc) is 4.03. The predicted octanol–water partition coefficient (Wildman–Crippen LogP) is 17.5. The molecular weight excluding hydrogens is 829 g/mol. The molecule has 0 saturated carbocycles. The summed E-state index contributed by atoms with van der Waals surface area (Å²) in [6, 6.07) is 70.5. The van der Waals surface area contributed by atoms with Crippen LogP contribution in [0.5, 0.6) is 5.75 Å². The van der Waals surface area contributed by atoms with Crippen molar-refractivity contribution in [1.82, 2.24) is 9.13 Å². The number of para-hydroxylation sites is 3. The lowest BCUT2D eigenvalue weighted by Crippen LogP contribution is -1.97. The van der Waals surface area contributed by atoms with Gasteiger partial charge in [0.2, 0.25) is 0 Å². The Hall–Kier alpha value is -8.60. The van der Waals surface area contributed by atoms with Crippen molar-refractivity contribution in [3.8, 4) is 50.5 Å². The second-order valence-electron chi connectivity index (χ2n) is 17.8. The van der Waals surface area contributed by atoms with E-state index >= 15 is 0 Å². The maximum Gasteiger partial charge on any atom is 0.135 e. The first-order valence-electron chi connectivity index (χ1n) is 23.4. The number of nitrogens with zero attached hydrogens (tertiary/aromatic N) is 2. The van der Waals surface area contributed by atoms with Crippen molar-refractivity contribution in [3.05, 3.63) is 236 Å². The molecule has 0 amide bonds. The average molecular weight is 877 g/mol. The summed E-state index contributed by atoms with van der Waals surface area (Å²) in [5, 5.41) is 7.10. The van der Waals surface area contributed by atoms with Gasteiger partial charge < -0.3 is 18.3 Å². The Balaban J connectivity index is 0.960. The Labute approximate surface area is 395 Å². The van der Waals surface area contributed by atoms with Crippen molar-refractivity contribution in [3.63, 3.8) is 0 Å². The van der Waals surface area contributed by atoms with Crippen molar-refractivity contribution in [1.29, 1.82) is 0 Å². The molecule has 0 spiro atoms. The lowest BCUT2D eigenvalue weighted by molar-refractivity contribution is 0.323. The molecule has 0 N–H and O–H groups in total. The molecule has 3 heterocycles. The van der Waals surface area contributed by atoms with Crippen LogP contribution < -0.4 is 4.74 Å². The van der Waals surface area contributed by atoms with Crippen LogP contribution in [0.2, 0.25) is 0 Å². The highest BCUT2D eigenvalue weighted by molar-refractivity contribution is 6.14. The van der Waals surface area contributed by atoms with Crippen LogP contribution in [0.15, 0.2) is 235 Å². The third-order valence-corrected chi connectivity index (χ3v) is 13.3. The number of hydrogen-bond acceptors (Lipinski definition) is 2. The predicted molar refractivity (Wildman–Crippen MR) is 287 cm³/mol. The number of hydrogen-bond donors (Lipinski definition) is 0. The van der Waals surface area contributed by atoms with E-state index in [0.717, 1.165) is 67.7 Å². The third-order valence-electron chi connectivity index (χ3n) is 13.3. The van der Waals surface area contributed by atoms with Gasteiger partial charge in [-0.15, -0.1) is 0 Å². The van der Waals surface area contributed by atoms with Crippen LogP contribution in [0.3, 0.4) is 0 Å². The van der Waals surface area contributed by atoms with Crippen LogP contribution in [-0.4, -0.2) is 15.7 Å². The summed E-state index contributed by atoms with van der Waals surface area (Å²) in [7, 11) is 0. The number of benzene rings is 9. The summed E-state index contributed by atoms with van der Waals surface area (Å²) < 4.78 is 17.2. The highest BCUT2D eigenvalue weighted by atomic mass is 16.5. The fourth-order valence-electron chi connectivity index (χ4n) is 10.0. The molecule has 0 radical (unpaired) electrons. The van der Waals surface area contributed by atoms with Crippen LogP contribution in [0, 0.1) is 6.92 Å². The Kier molecular flexibility index (Phi) is 10.2. The van der Waals surface area contributed by atoms with Crippen molar-refractivity contribution >= 4 is 65.6 Å². The zero-order valence-electron chi connectivity index (χ0n) is 38.1. The Morgan fingerprint density at radius 1 is 0.471 bits per heavy atom. The molecule has 12 rings (SSSR count). The molecule has 0 aliphatic carbocycles. The van der Waals surface area contributed by atoms with E-state index in [2.05, 4.69) is 211 Å². The molecule has 9 aromatic carbocycles. The Bertz CT molecular complexity index is 3970. The lowest BCUT2D eigenvalue weighted by Gasteiger charge is -2.11. The number of aryl methyl sites for hydroxylation is 1. The molecule has 326 valence electrons. The number of allylic oxidation sites excluding steroid dienone is 4. The van der Waals surface area contributed by atoms with Gasteiger partial charge >= 0.3 is 0 Å². The van der Waals surface area contributed by atoms with Crippen LogP contribution in [0.1, 0.15) is 18.9 Å². The van der Waals surface area contributed by atoms with E-state index in [0.29, 0.717) is 6.61 Å². The van der Waals surface area contributed by atoms with Crippen LogP contribution in [0.4, 0.5) is 0 Å². The molecule has 12 aromatic rings. The number of fused-ring (bicyclic) bond motifs is 9. The first-order valence-corrected chi connectivity index (χ1v) is 23.4. The van der Waals surface area contributed by atoms with Crippen molar-refractivity contribution in [2.24, 2.45) is 0 Å². The zero-order valence-corrected chi connectivity index (χ0v) is 38.1. The van der Waals surface area contributed by atoms with E-state index in [-0.39, 0.29) is 0 Å². The van der Waals surface area contributed by atoms with Gasteiger partial charge in [0.05, 0.1) is 28.7 Å². The topological polar surface area (TPSA) is 32.2 Å². The standard InChI is InChI=1S/C64H48N2O2/c1-42(2)16-8-4-5-15-35-67-62-33-27-44(36-43(62)3)45-23-29-58-53(37-45)54-38-46(24-30-59(54)65(58)50-17-9-6-10-18-50)47-25-31-60-55(39-47)56-40-48(26-32-61(56)66(60)51-19-11-7-12-20-51)49-28-34-64-57(41-49)52-21-13-14-22-63(52)68-64/h4-14,16-34,36-41H,1,15,35H2,2-3H3/b5-4-,16-8-. The Morgan fingerprint density at radius 2 is 0.912 bits per heavy atom. The second kappa shape index (κ2) is 17.0. The molecule has 0 unspecified atom stereocenters. The summed E-state index contributed by atoms with van der Waals surface area (Å²) in [6.07, 6.45) is 9.03. The van der Waals surface area contributed by atoms with E-state index in [9.17, 15) is 0 Å². The summed E-state index contributed by atoms with van der Waals surface area (Å²) in [5.41, 5.74) is 17.9. The molecule has 4 heteroatoms. The smallest absolute Gasteiger partial charge is 0.135 e. The highest BCUT2D eigenvalue weighted by Crippen LogP contribution is 2.41. The first kappa shape index (κ1) is 40.9. The minimum Gasteiger partial charge on any atom is -0.493 e.